The van der Waals surface area contributed by atoms with Gasteiger partial charge in [-0.05, 0) is 49.8 Å². The number of piperidine rings is 1. The summed E-state index contributed by atoms with van der Waals surface area (Å²) in [6.07, 6.45) is 5.68. The standard InChI is InChI=1S/C23H31N7O2/c1-2-26-18-11-17(4-3-16(18)12-24)27-21-19(13-25)29-22(20(14-31)28-21)30-8-5-23(6-9-30)7-10-32-15-23/h3-4,11-13,24-26,31H,2,5-10,14-15H2,1H3,(H,27,28). The number of hydrogen-bond acceptors (Lipinski definition) is 9. The fraction of sp³-hybridized carbons (Fsp3) is 0.478. The number of anilines is 4. The van der Waals surface area contributed by atoms with Crippen LogP contribution in [0.2, 0.25) is 0 Å². The van der Waals surface area contributed by atoms with Gasteiger partial charge in [-0.3, -0.25) is 0 Å². The second kappa shape index (κ2) is 9.62. The van der Waals surface area contributed by atoms with Gasteiger partial charge in [0, 0.05) is 55.6 Å². The minimum Gasteiger partial charge on any atom is -0.390 e. The zero-order valence-electron chi connectivity index (χ0n) is 18.4. The molecule has 9 heteroatoms. The van der Waals surface area contributed by atoms with Crippen LogP contribution < -0.4 is 15.5 Å². The van der Waals surface area contributed by atoms with E-state index in [4.69, 9.17) is 20.5 Å². The van der Waals surface area contributed by atoms with Crippen molar-refractivity contribution in [1.29, 1.82) is 10.8 Å². The Bertz CT molecular complexity index is 979. The minimum absolute atomic E-state index is 0.227. The van der Waals surface area contributed by atoms with E-state index in [0.717, 1.165) is 69.0 Å². The van der Waals surface area contributed by atoms with Crippen molar-refractivity contribution in [3.05, 3.63) is 35.2 Å². The summed E-state index contributed by atoms with van der Waals surface area (Å²) in [5.74, 6) is 1.08. The third-order valence-corrected chi connectivity index (χ3v) is 6.41. The molecule has 2 aliphatic rings. The minimum atomic E-state index is -0.227. The number of aliphatic hydroxyl groups excluding tert-OH is 1. The van der Waals surface area contributed by atoms with Gasteiger partial charge in [-0.15, -0.1) is 0 Å². The molecule has 0 aliphatic carbocycles. The highest BCUT2D eigenvalue weighted by molar-refractivity contribution is 5.89. The van der Waals surface area contributed by atoms with Crippen molar-refractivity contribution in [2.24, 2.45) is 5.41 Å². The summed E-state index contributed by atoms with van der Waals surface area (Å²) >= 11 is 0. The molecular formula is C23H31N7O2. The number of ether oxygens (including phenoxy) is 1. The number of aliphatic hydroxyl groups is 1. The highest BCUT2D eigenvalue weighted by Crippen LogP contribution is 2.40. The van der Waals surface area contributed by atoms with Crippen molar-refractivity contribution in [3.8, 4) is 0 Å². The number of nitrogens with one attached hydrogen (secondary N) is 4. The van der Waals surface area contributed by atoms with Crippen LogP contribution in [-0.4, -0.2) is 60.4 Å². The van der Waals surface area contributed by atoms with E-state index in [2.05, 4.69) is 20.5 Å². The van der Waals surface area contributed by atoms with E-state index < -0.39 is 0 Å². The molecule has 0 bridgehead atoms. The number of aromatic nitrogens is 2. The van der Waals surface area contributed by atoms with Crippen LogP contribution in [0.15, 0.2) is 18.2 Å². The van der Waals surface area contributed by atoms with E-state index in [9.17, 15) is 5.11 Å². The maximum atomic E-state index is 10.0. The van der Waals surface area contributed by atoms with E-state index in [0.29, 0.717) is 23.0 Å². The van der Waals surface area contributed by atoms with E-state index in [1.807, 2.05) is 25.1 Å². The molecule has 2 fully saturated rings. The van der Waals surface area contributed by atoms with Crippen LogP contribution in [0, 0.1) is 16.2 Å². The van der Waals surface area contributed by atoms with Crippen molar-refractivity contribution in [2.45, 2.75) is 32.8 Å². The van der Waals surface area contributed by atoms with Crippen molar-refractivity contribution in [2.75, 3.05) is 48.4 Å². The van der Waals surface area contributed by atoms with Gasteiger partial charge in [-0.1, -0.05) is 0 Å². The maximum Gasteiger partial charge on any atom is 0.158 e. The Kier molecular flexibility index (Phi) is 6.66. The van der Waals surface area contributed by atoms with E-state index in [-0.39, 0.29) is 12.0 Å². The smallest absolute Gasteiger partial charge is 0.158 e. The normalized spacial score (nSPS) is 17.4. The van der Waals surface area contributed by atoms with Crippen molar-refractivity contribution < 1.29 is 9.84 Å². The van der Waals surface area contributed by atoms with Crippen LogP contribution in [0.5, 0.6) is 0 Å². The topological polar surface area (TPSA) is 130 Å². The van der Waals surface area contributed by atoms with Gasteiger partial charge in [0.1, 0.15) is 11.4 Å². The molecule has 0 atom stereocenters. The zero-order chi connectivity index (χ0) is 22.6. The van der Waals surface area contributed by atoms with Gasteiger partial charge in [0.2, 0.25) is 0 Å². The number of nitrogens with zero attached hydrogens (tertiary/aromatic N) is 3. The van der Waals surface area contributed by atoms with Crippen molar-refractivity contribution >= 4 is 35.4 Å². The summed E-state index contributed by atoms with van der Waals surface area (Å²) in [4.78, 5) is 11.5. The average molecular weight is 438 g/mol. The quantitative estimate of drug-likeness (QED) is 0.401. The van der Waals surface area contributed by atoms with Gasteiger partial charge < -0.3 is 36.2 Å². The summed E-state index contributed by atoms with van der Waals surface area (Å²) < 4.78 is 5.63. The molecule has 3 heterocycles. The average Bonchev–Trinajstić information content (AvgIpc) is 3.27. The Hall–Kier alpha value is -3.04. The number of rotatable bonds is 8. The molecule has 1 aromatic heterocycles. The molecule has 2 saturated heterocycles. The van der Waals surface area contributed by atoms with Crippen LogP contribution >= 0.6 is 0 Å². The van der Waals surface area contributed by atoms with Gasteiger partial charge in [-0.2, -0.15) is 0 Å². The Morgan fingerprint density at radius 2 is 2.00 bits per heavy atom. The molecule has 2 aromatic rings. The third kappa shape index (κ3) is 4.44. The lowest BCUT2D eigenvalue weighted by molar-refractivity contribution is 0.133. The molecule has 1 aromatic carbocycles. The fourth-order valence-corrected chi connectivity index (χ4v) is 4.50. The molecule has 5 N–H and O–H groups in total. The van der Waals surface area contributed by atoms with E-state index >= 15 is 0 Å². The molecule has 170 valence electrons. The highest BCUT2D eigenvalue weighted by atomic mass is 16.5. The Labute approximate surface area is 188 Å². The summed E-state index contributed by atoms with van der Waals surface area (Å²) in [5, 5.41) is 32.0. The van der Waals surface area contributed by atoms with Crippen LogP contribution in [0.3, 0.4) is 0 Å². The Morgan fingerprint density at radius 3 is 2.62 bits per heavy atom. The van der Waals surface area contributed by atoms with Crippen LogP contribution in [0.1, 0.15) is 43.1 Å². The second-order valence-electron chi connectivity index (χ2n) is 8.42. The van der Waals surface area contributed by atoms with Crippen LogP contribution in [0.4, 0.5) is 23.0 Å². The second-order valence-corrected chi connectivity index (χ2v) is 8.42. The summed E-state index contributed by atoms with van der Waals surface area (Å²) in [6, 6.07) is 5.61. The molecule has 0 amide bonds. The summed E-state index contributed by atoms with van der Waals surface area (Å²) in [7, 11) is 0. The molecule has 1 spiro atoms. The predicted octanol–water partition coefficient (Wildman–Crippen LogP) is 3.15. The van der Waals surface area contributed by atoms with Gasteiger partial charge in [0.15, 0.2) is 11.6 Å². The molecule has 9 nitrogen and oxygen atoms in total. The number of benzene rings is 1. The summed E-state index contributed by atoms with van der Waals surface area (Å²) in [5.41, 5.74) is 3.60. The van der Waals surface area contributed by atoms with Crippen LogP contribution in [0.25, 0.3) is 0 Å². The largest absolute Gasteiger partial charge is 0.390 e. The van der Waals surface area contributed by atoms with Crippen molar-refractivity contribution in [3.63, 3.8) is 0 Å². The first-order valence-electron chi connectivity index (χ1n) is 11.1. The van der Waals surface area contributed by atoms with Gasteiger partial charge in [-0.25, -0.2) is 9.97 Å². The monoisotopic (exact) mass is 437 g/mol. The molecule has 32 heavy (non-hydrogen) atoms. The first-order valence-corrected chi connectivity index (χ1v) is 11.1. The first-order chi connectivity index (χ1) is 15.6. The van der Waals surface area contributed by atoms with Gasteiger partial charge in [0.05, 0.1) is 13.2 Å². The molecule has 0 unspecified atom stereocenters. The Balaban J connectivity index is 1.59. The lowest BCUT2D eigenvalue weighted by Crippen LogP contribution is -2.41. The molecule has 0 radical (unpaired) electrons. The highest BCUT2D eigenvalue weighted by Gasteiger charge is 2.38. The number of hydrogen-bond donors (Lipinski definition) is 5. The molecule has 4 rings (SSSR count). The lowest BCUT2D eigenvalue weighted by atomic mass is 9.78. The molecular weight excluding hydrogens is 406 g/mol. The van der Waals surface area contributed by atoms with E-state index in [1.54, 1.807) is 0 Å². The SMILES string of the molecule is CCNc1cc(Nc2nc(CO)c(N3CCC4(CCOC4)CC3)nc2C=N)ccc1C=N. The van der Waals surface area contributed by atoms with Crippen molar-refractivity contribution in [1.82, 2.24) is 9.97 Å². The van der Waals surface area contributed by atoms with Crippen LogP contribution in [-0.2, 0) is 11.3 Å². The Morgan fingerprint density at radius 1 is 1.19 bits per heavy atom. The molecule has 2 aliphatic heterocycles. The predicted molar refractivity (Wildman–Crippen MR) is 127 cm³/mol. The first kappa shape index (κ1) is 22.2. The van der Waals surface area contributed by atoms with E-state index in [1.165, 1.54) is 12.4 Å². The summed E-state index contributed by atoms with van der Waals surface area (Å²) in [6.45, 7) is 5.87. The third-order valence-electron chi connectivity index (χ3n) is 6.41. The maximum absolute atomic E-state index is 10.0. The zero-order valence-corrected chi connectivity index (χ0v) is 18.4. The fourth-order valence-electron chi connectivity index (χ4n) is 4.50. The lowest BCUT2D eigenvalue weighted by Gasteiger charge is -2.39. The van der Waals surface area contributed by atoms with Gasteiger partial charge in [0.25, 0.3) is 0 Å². The molecule has 0 saturated carbocycles. The van der Waals surface area contributed by atoms with Gasteiger partial charge >= 0.3 is 0 Å².